The Bertz CT molecular complexity index is 602. The number of hydrogen-bond donors (Lipinski definition) is 1. The van der Waals surface area contributed by atoms with Crippen molar-refractivity contribution in [2.24, 2.45) is 0 Å². The van der Waals surface area contributed by atoms with E-state index in [0.717, 1.165) is 43.0 Å². The van der Waals surface area contributed by atoms with E-state index in [1.807, 2.05) is 13.1 Å². The first-order valence-corrected chi connectivity index (χ1v) is 9.09. The van der Waals surface area contributed by atoms with Crippen LogP contribution in [-0.4, -0.2) is 56.6 Å². The normalized spacial score (nSPS) is 23.8. The van der Waals surface area contributed by atoms with Crippen molar-refractivity contribution in [3.05, 3.63) is 18.0 Å². The highest BCUT2D eigenvalue weighted by molar-refractivity contribution is 6.62. The number of hydrogen-bond acceptors (Lipinski definition) is 6. The van der Waals surface area contributed by atoms with Crippen molar-refractivity contribution in [3.63, 3.8) is 0 Å². The van der Waals surface area contributed by atoms with E-state index < -0.39 is 7.12 Å². The van der Waals surface area contributed by atoms with Crippen molar-refractivity contribution < 1.29 is 14.0 Å². The minimum atomic E-state index is -0.437. The molecule has 2 saturated heterocycles. The number of pyridine rings is 1. The van der Waals surface area contributed by atoms with Gasteiger partial charge in [-0.2, -0.15) is 0 Å². The third kappa shape index (κ3) is 3.56. The van der Waals surface area contributed by atoms with E-state index in [1.165, 1.54) is 0 Å². The van der Waals surface area contributed by atoms with E-state index in [1.54, 1.807) is 7.11 Å². The first kappa shape index (κ1) is 18.6. The Labute approximate surface area is 151 Å². The minimum Gasteiger partial charge on any atom is -0.399 e. The van der Waals surface area contributed by atoms with Crippen molar-refractivity contribution in [1.82, 2.24) is 10.3 Å². The zero-order valence-corrected chi connectivity index (χ0v) is 16.3. The molecule has 1 aromatic heterocycles. The molecule has 2 fully saturated rings. The van der Waals surface area contributed by atoms with E-state index in [2.05, 4.69) is 44.0 Å². The lowest BCUT2D eigenvalue weighted by molar-refractivity contribution is 0.00578. The smallest absolute Gasteiger partial charge is 0.399 e. The molecule has 1 aromatic rings. The molecule has 25 heavy (non-hydrogen) atoms. The molecule has 138 valence electrons. The Hall–Kier alpha value is -1.15. The van der Waals surface area contributed by atoms with Gasteiger partial charge in [-0.3, -0.25) is 4.98 Å². The molecule has 0 aliphatic carbocycles. The molecule has 0 bridgehead atoms. The number of aromatic nitrogens is 1. The Morgan fingerprint density at radius 3 is 2.36 bits per heavy atom. The van der Waals surface area contributed by atoms with E-state index in [-0.39, 0.29) is 17.3 Å². The predicted octanol–water partition coefficient (Wildman–Crippen LogP) is 1.50. The molecule has 2 aliphatic heterocycles. The highest BCUT2D eigenvalue weighted by atomic mass is 16.7. The second-order valence-corrected chi connectivity index (χ2v) is 7.87. The summed E-state index contributed by atoms with van der Waals surface area (Å²) >= 11 is 0. The third-order valence-corrected chi connectivity index (χ3v) is 5.66. The molecule has 6 nitrogen and oxygen atoms in total. The van der Waals surface area contributed by atoms with Crippen LogP contribution in [0, 0.1) is 0 Å². The third-order valence-electron chi connectivity index (χ3n) is 5.66. The Morgan fingerprint density at radius 2 is 1.80 bits per heavy atom. The summed E-state index contributed by atoms with van der Waals surface area (Å²) in [4.78, 5) is 7.06. The first-order valence-electron chi connectivity index (χ1n) is 9.09. The topological polar surface area (TPSA) is 55.9 Å². The van der Waals surface area contributed by atoms with Gasteiger partial charge in [-0.15, -0.1) is 0 Å². The van der Waals surface area contributed by atoms with Gasteiger partial charge in [0.1, 0.15) is 0 Å². The number of nitrogens with zero attached hydrogens (tertiary/aromatic N) is 2. The van der Waals surface area contributed by atoms with Gasteiger partial charge in [-0.05, 0) is 40.7 Å². The maximum atomic E-state index is 6.28. The zero-order valence-electron chi connectivity index (χ0n) is 16.3. The van der Waals surface area contributed by atoms with Crippen LogP contribution in [0.2, 0.25) is 0 Å². The van der Waals surface area contributed by atoms with E-state index >= 15 is 0 Å². The average molecular weight is 347 g/mol. The number of ether oxygens (including phenoxy) is 1. The maximum Gasteiger partial charge on any atom is 0.496 e. The highest BCUT2D eigenvalue weighted by Gasteiger charge is 2.52. The van der Waals surface area contributed by atoms with Gasteiger partial charge in [0.25, 0.3) is 0 Å². The van der Waals surface area contributed by atoms with Crippen LogP contribution in [0.1, 0.15) is 46.4 Å². The fourth-order valence-corrected chi connectivity index (χ4v) is 3.19. The molecule has 0 aromatic carbocycles. The average Bonchev–Trinajstić information content (AvgIpc) is 2.82. The van der Waals surface area contributed by atoms with Crippen molar-refractivity contribution in [1.29, 1.82) is 0 Å². The molecule has 0 radical (unpaired) electrons. The van der Waals surface area contributed by atoms with Gasteiger partial charge >= 0.3 is 7.12 Å². The van der Waals surface area contributed by atoms with E-state index in [9.17, 15) is 0 Å². The van der Waals surface area contributed by atoms with E-state index in [0.29, 0.717) is 0 Å². The molecule has 1 atom stereocenters. The first-order chi connectivity index (χ1) is 11.7. The summed E-state index contributed by atoms with van der Waals surface area (Å²) in [7, 11) is 1.26. The molecule has 0 spiro atoms. The fourth-order valence-electron chi connectivity index (χ4n) is 3.19. The van der Waals surface area contributed by atoms with E-state index in [4.69, 9.17) is 19.0 Å². The van der Waals surface area contributed by atoms with Crippen molar-refractivity contribution in [3.8, 4) is 0 Å². The van der Waals surface area contributed by atoms with Crippen LogP contribution >= 0.6 is 0 Å². The molecular formula is C18H30BN3O3. The van der Waals surface area contributed by atoms with Crippen LogP contribution in [0.15, 0.2) is 12.3 Å². The Kier molecular flexibility index (Phi) is 5.12. The van der Waals surface area contributed by atoms with Gasteiger partial charge in [0.15, 0.2) is 0 Å². The molecule has 7 heteroatoms. The molecule has 0 unspecified atom stereocenters. The number of methoxy groups -OCH3 is 1. The van der Waals surface area contributed by atoms with Gasteiger partial charge in [0.2, 0.25) is 0 Å². The Morgan fingerprint density at radius 1 is 1.20 bits per heavy atom. The number of nitrogens with one attached hydrogen (secondary N) is 1. The number of piperazine rings is 1. The van der Waals surface area contributed by atoms with Crippen LogP contribution < -0.4 is 15.7 Å². The predicted molar refractivity (Wildman–Crippen MR) is 100 cm³/mol. The van der Waals surface area contributed by atoms with Gasteiger partial charge in [0, 0.05) is 38.8 Å². The molecule has 1 N–H and O–H groups in total. The van der Waals surface area contributed by atoms with Crippen LogP contribution in [-0.2, 0) is 14.0 Å². The number of anilines is 1. The summed E-state index contributed by atoms with van der Waals surface area (Å²) < 4.78 is 18.1. The SMILES string of the molecule is CO[C@@H](C)c1ncc(N2CCNCC2)cc1B1OC(C)(C)C(C)(C)O1. The summed E-state index contributed by atoms with van der Waals surface area (Å²) in [6.45, 7) is 14.2. The van der Waals surface area contributed by atoms with Gasteiger partial charge in [0.05, 0.1) is 34.9 Å². The molecule has 3 rings (SSSR count). The zero-order chi connectivity index (χ0) is 18.2. The highest BCUT2D eigenvalue weighted by Crippen LogP contribution is 2.37. The lowest BCUT2D eigenvalue weighted by Gasteiger charge is -2.32. The fraction of sp³-hybridized carbons (Fsp3) is 0.722. The summed E-state index contributed by atoms with van der Waals surface area (Å²) in [6, 6.07) is 2.16. The maximum absolute atomic E-state index is 6.28. The molecule has 2 aliphatic rings. The van der Waals surface area contributed by atoms with Crippen molar-refractivity contribution in [2.45, 2.75) is 51.9 Å². The molecule has 3 heterocycles. The number of rotatable bonds is 4. The largest absolute Gasteiger partial charge is 0.496 e. The van der Waals surface area contributed by atoms with Crippen LogP contribution in [0.4, 0.5) is 5.69 Å². The summed E-state index contributed by atoms with van der Waals surface area (Å²) in [5, 5.41) is 3.38. The molecule has 0 amide bonds. The van der Waals surface area contributed by atoms with Crippen molar-refractivity contribution in [2.75, 3.05) is 38.2 Å². The summed E-state index contributed by atoms with van der Waals surface area (Å²) in [5.41, 5.74) is 2.19. The molecule has 0 saturated carbocycles. The minimum absolute atomic E-state index is 0.119. The monoisotopic (exact) mass is 347 g/mol. The van der Waals surface area contributed by atoms with Crippen LogP contribution in [0.3, 0.4) is 0 Å². The van der Waals surface area contributed by atoms with Crippen LogP contribution in [0.25, 0.3) is 0 Å². The van der Waals surface area contributed by atoms with Crippen molar-refractivity contribution >= 4 is 18.3 Å². The van der Waals surface area contributed by atoms with Gasteiger partial charge in [-0.1, -0.05) is 0 Å². The summed E-state index contributed by atoms with van der Waals surface area (Å²) in [6.07, 6.45) is 1.82. The van der Waals surface area contributed by atoms with Crippen LogP contribution in [0.5, 0.6) is 0 Å². The molecular weight excluding hydrogens is 317 g/mol. The van der Waals surface area contributed by atoms with Gasteiger partial charge in [-0.25, -0.2) is 0 Å². The lowest BCUT2D eigenvalue weighted by atomic mass is 9.76. The second kappa shape index (κ2) is 6.87. The standard InChI is InChI=1S/C18H30BN3O3/c1-13(23-6)16-15(19-24-17(2,3)18(4,5)25-19)11-14(12-21-16)22-9-7-20-8-10-22/h11-13,20H,7-10H2,1-6H3/t13-/m0/s1. The Balaban J connectivity index is 1.97. The quantitative estimate of drug-likeness (QED) is 0.833. The summed E-state index contributed by atoms with van der Waals surface area (Å²) in [5.74, 6) is 0. The van der Waals surface area contributed by atoms with Gasteiger partial charge < -0.3 is 24.3 Å². The second-order valence-electron chi connectivity index (χ2n) is 7.87. The lowest BCUT2D eigenvalue weighted by Crippen LogP contribution is -2.45.